The maximum Gasteiger partial charge on any atom is 0.164 e. The topological polar surface area (TPSA) is 30.7 Å². The Morgan fingerprint density at radius 3 is 2.93 bits per heavy atom. The van der Waals surface area contributed by atoms with E-state index in [-0.39, 0.29) is 5.82 Å². The second kappa shape index (κ2) is 3.15. The lowest BCUT2D eigenvalue weighted by molar-refractivity contribution is 0.627. The fraction of sp³-hybridized carbons (Fsp3) is 0.273. The van der Waals surface area contributed by atoms with Gasteiger partial charge in [-0.05, 0) is 25.0 Å². The lowest BCUT2D eigenvalue weighted by atomic mass is 10.2. The Hall–Kier alpha value is -1.71. The summed E-state index contributed by atoms with van der Waals surface area (Å²) in [5, 5.41) is 7.92. The zero-order chi connectivity index (χ0) is 10.3. The summed E-state index contributed by atoms with van der Waals surface area (Å²) in [6.07, 6.45) is 4.05. The van der Waals surface area contributed by atoms with Gasteiger partial charge < -0.3 is 4.57 Å². The molecule has 3 rings (SSSR count). The van der Waals surface area contributed by atoms with Crippen LogP contribution in [0.2, 0.25) is 0 Å². The molecule has 0 radical (unpaired) electrons. The Bertz CT molecular complexity index is 488. The van der Waals surface area contributed by atoms with Crippen LogP contribution in [0.1, 0.15) is 18.9 Å². The van der Waals surface area contributed by atoms with Gasteiger partial charge in [-0.1, -0.05) is 12.1 Å². The zero-order valence-corrected chi connectivity index (χ0v) is 8.10. The van der Waals surface area contributed by atoms with E-state index in [1.165, 1.54) is 25.0 Å². The van der Waals surface area contributed by atoms with E-state index in [0.29, 0.717) is 6.04 Å². The normalized spacial score (nSPS) is 15.5. The van der Waals surface area contributed by atoms with E-state index >= 15 is 0 Å². The molecule has 1 aliphatic carbocycles. The maximum absolute atomic E-state index is 13.1. The molecule has 15 heavy (non-hydrogen) atoms. The Labute approximate surface area is 86.6 Å². The molecule has 1 fully saturated rings. The van der Waals surface area contributed by atoms with Gasteiger partial charge in [-0.3, -0.25) is 0 Å². The predicted molar refractivity (Wildman–Crippen MR) is 53.7 cm³/mol. The molecule has 1 saturated carbocycles. The first kappa shape index (κ1) is 8.59. The third-order valence-electron chi connectivity index (χ3n) is 2.60. The fourth-order valence-corrected chi connectivity index (χ4v) is 1.70. The Balaban J connectivity index is 2.07. The lowest BCUT2D eigenvalue weighted by Crippen LogP contribution is -1.95. The largest absolute Gasteiger partial charge is 0.310 e. The summed E-state index contributed by atoms with van der Waals surface area (Å²) < 4.78 is 15.1. The van der Waals surface area contributed by atoms with E-state index in [4.69, 9.17) is 0 Å². The van der Waals surface area contributed by atoms with Crippen molar-refractivity contribution in [3.05, 3.63) is 36.4 Å². The number of hydrogen-bond acceptors (Lipinski definition) is 2. The van der Waals surface area contributed by atoms with Crippen molar-refractivity contribution in [2.75, 3.05) is 0 Å². The number of rotatable bonds is 2. The molecule has 76 valence electrons. The second-order valence-electron chi connectivity index (χ2n) is 3.80. The van der Waals surface area contributed by atoms with Crippen LogP contribution in [0.15, 0.2) is 30.6 Å². The van der Waals surface area contributed by atoms with Crippen molar-refractivity contribution in [2.24, 2.45) is 0 Å². The van der Waals surface area contributed by atoms with Gasteiger partial charge in [-0.2, -0.15) is 0 Å². The van der Waals surface area contributed by atoms with Gasteiger partial charge in [0.15, 0.2) is 5.82 Å². The zero-order valence-electron chi connectivity index (χ0n) is 8.10. The van der Waals surface area contributed by atoms with Crippen LogP contribution >= 0.6 is 0 Å². The van der Waals surface area contributed by atoms with Crippen LogP contribution in [0.25, 0.3) is 11.4 Å². The van der Waals surface area contributed by atoms with Crippen molar-refractivity contribution in [3.8, 4) is 11.4 Å². The van der Waals surface area contributed by atoms with Crippen LogP contribution in [0.5, 0.6) is 0 Å². The van der Waals surface area contributed by atoms with Crippen molar-refractivity contribution in [1.82, 2.24) is 14.8 Å². The Morgan fingerprint density at radius 1 is 1.33 bits per heavy atom. The number of nitrogens with zero attached hydrogens (tertiary/aromatic N) is 3. The van der Waals surface area contributed by atoms with Crippen molar-refractivity contribution >= 4 is 0 Å². The van der Waals surface area contributed by atoms with E-state index in [1.54, 1.807) is 12.4 Å². The van der Waals surface area contributed by atoms with Crippen molar-refractivity contribution in [1.29, 1.82) is 0 Å². The molecule has 0 N–H and O–H groups in total. The molecular formula is C11H10FN3. The van der Waals surface area contributed by atoms with Gasteiger partial charge in [0, 0.05) is 11.6 Å². The van der Waals surface area contributed by atoms with Gasteiger partial charge in [-0.15, -0.1) is 10.2 Å². The molecule has 0 saturated heterocycles. The molecule has 1 aromatic carbocycles. The first-order chi connectivity index (χ1) is 7.34. The molecule has 1 aromatic heterocycles. The maximum atomic E-state index is 13.1. The van der Waals surface area contributed by atoms with E-state index < -0.39 is 0 Å². The molecule has 0 unspecified atom stereocenters. The molecule has 3 nitrogen and oxygen atoms in total. The van der Waals surface area contributed by atoms with Gasteiger partial charge in [-0.25, -0.2) is 4.39 Å². The molecule has 0 amide bonds. The molecule has 4 heteroatoms. The highest BCUT2D eigenvalue weighted by atomic mass is 19.1. The minimum atomic E-state index is -0.238. The molecule has 0 aliphatic heterocycles. The minimum Gasteiger partial charge on any atom is -0.310 e. The molecule has 0 spiro atoms. The second-order valence-corrected chi connectivity index (χ2v) is 3.80. The lowest BCUT2D eigenvalue weighted by Gasteiger charge is -2.03. The number of benzene rings is 1. The van der Waals surface area contributed by atoms with Crippen LogP contribution in [0.3, 0.4) is 0 Å². The predicted octanol–water partition coefficient (Wildman–Crippen LogP) is 2.42. The highest BCUT2D eigenvalue weighted by Gasteiger charge is 2.26. The summed E-state index contributed by atoms with van der Waals surface area (Å²) in [7, 11) is 0. The highest BCUT2D eigenvalue weighted by Crippen LogP contribution is 2.37. The third kappa shape index (κ3) is 1.52. The van der Waals surface area contributed by atoms with E-state index in [2.05, 4.69) is 10.2 Å². The van der Waals surface area contributed by atoms with Gasteiger partial charge in [0.05, 0.1) is 0 Å². The molecule has 0 atom stereocenters. The van der Waals surface area contributed by atoms with Crippen LogP contribution < -0.4 is 0 Å². The van der Waals surface area contributed by atoms with E-state index in [1.807, 2.05) is 10.6 Å². The van der Waals surface area contributed by atoms with Gasteiger partial charge >= 0.3 is 0 Å². The first-order valence-corrected chi connectivity index (χ1v) is 5.00. The van der Waals surface area contributed by atoms with Gasteiger partial charge in [0.2, 0.25) is 0 Å². The third-order valence-corrected chi connectivity index (χ3v) is 2.60. The van der Waals surface area contributed by atoms with Crippen LogP contribution in [-0.4, -0.2) is 14.8 Å². The average Bonchev–Trinajstić information content (AvgIpc) is 2.96. The molecule has 1 heterocycles. The van der Waals surface area contributed by atoms with E-state index in [9.17, 15) is 4.39 Å². The standard InChI is InChI=1S/C11H10FN3/c12-9-3-1-2-8(6-9)11-14-13-7-15(11)10-4-5-10/h1-3,6-7,10H,4-5H2. The molecule has 1 aliphatic rings. The summed E-state index contributed by atoms with van der Waals surface area (Å²) in [5.41, 5.74) is 0.791. The number of halogens is 1. The minimum absolute atomic E-state index is 0.238. The fourth-order valence-electron chi connectivity index (χ4n) is 1.70. The molecular weight excluding hydrogens is 193 g/mol. The summed E-state index contributed by atoms with van der Waals surface area (Å²) in [6, 6.07) is 6.98. The van der Waals surface area contributed by atoms with Crippen LogP contribution in [0, 0.1) is 5.82 Å². The average molecular weight is 203 g/mol. The van der Waals surface area contributed by atoms with Crippen LogP contribution in [-0.2, 0) is 0 Å². The number of aromatic nitrogens is 3. The summed E-state index contributed by atoms with van der Waals surface area (Å²) in [5.74, 6) is 0.523. The summed E-state index contributed by atoms with van der Waals surface area (Å²) in [6.45, 7) is 0. The molecule has 2 aromatic rings. The van der Waals surface area contributed by atoms with Crippen molar-refractivity contribution in [2.45, 2.75) is 18.9 Å². The van der Waals surface area contributed by atoms with Crippen molar-refractivity contribution in [3.63, 3.8) is 0 Å². The van der Waals surface area contributed by atoms with E-state index in [0.717, 1.165) is 11.4 Å². The van der Waals surface area contributed by atoms with Gasteiger partial charge in [0.25, 0.3) is 0 Å². The van der Waals surface area contributed by atoms with Crippen LogP contribution in [0.4, 0.5) is 4.39 Å². The number of hydrogen-bond donors (Lipinski definition) is 0. The monoisotopic (exact) mass is 203 g/mol. The smallest absolute Gasteiger partial charge is 0.164 e. The Morgan fingerprint density at radius 2 is 2.20 bits per heavy atom. The Kier molecular flexibility index (Phi) is 1.80. The molecule has 0 bridgehead atoms. The quantitative estimate of drug-likeness (QED) is 0.750. The highest BCUT2D eigenvalue weighted by molar-refractivity contribution is 5.55. The van der Waals surface area contributed by atoms with Gasteiger partial charge in [0.1, 0.15) is 12.1 Å². The van der Waals surface area contributed by atoms with Crippen molar-refractivity contribution < 1.29 is 4.39 Å². The SMILES string of the molecule is Fc1cccc(-c2nncn2C2CC2)c1. The first-order valence-electron chi connectivity index (χ1n) is 5.00. The summed E-state index contributed by atoms with van der Waals surface area (Å²) >= 11 is 0. The summed E-state index contributed by atoms with van der Waals surface area (Å²) in [4.78, 5) is 0.